The minimum absolute atomic E-state index is 0.170. The SMILES string of the molecule is COC(=O)COc1ccccc1C=c1sc2n(c1=O)C(c1cc(OC)ccc1OC)C1=C(N=2)c2ccccc2CC1. The van der Waals surface area contributed by atoms with Crippen molar-refractivity contribution in [1.82, 2.24) is 4.57 Å². The Morgan fingerprint density at radius 1 is 1.00 bits per heavy atom. The molecule has 2 aliphatic rings. The van der Waals surface area contributed by atoms with E-state index in [0.29, 0.717) is 32.1 Å². The van der Waals surface area contributed by atoms with Crippen LogP contribution in [0.4, 0.5) is 0 Å². The van der Waals surface area contributed by atoms with Gasteiger partial charge in [-0.05, 0) is 54.3 Å². The zero-order chi connectivity index (χ0) is 28.5. The quantitative estimate of drug-likeness (QED) is 0.315. The summed E-state index contributed by atoms with van der Waals surface area (Å²) in [5.74, 6) is 1.33. The molecule has 0 N–H and O–H groups in total. The maximum Gasteiger partial charge on any atom is 0.343 e. The van der Waals surface area contributed by atoms with E-state index in [1.165, 1.54) is 24.0 Å². The van der Waals surface area contributed by atoms with Crippen LogP contribution in [0, 0.1) is 0 Å². The Balaban J connectivity index is 1.58. The highest BCUT2D eigenvalue weighted by atomic mass is 32.1. The largest absolute Gasteiger partial charge is 0.497 e. The van der Waals surface area contributed by atoms with E-state index < -0.39 is 12.0 Å². The number of fused-ring (bicyclic) bond motifs is 3. The van der Waals surface area contributed by atoms with Gasteiger partial charge in [0.05, 0.1) is 37.6 Å². The molecule has 4 aromatic rings. The first kappa shape index (κ1) is 26.6. The Morgan fingerprint density at radius 3 is 2.61 bits per heavy atom. The molecule has 208 valence electrons. The van der Waals surface area contributed by atoms with Crippen LogP contribution in [-0.2, 0) is 16.0 Å². The minimum Gasteiger partial charge on any atom is -0.497 e. The number of benzene rings is 3. The smallest absolute Gasteiger partial charge is 0.343 e. The average Bonchev–Trinajstić information content (AvgIpc) is 3.32. The average molecular weight is 569 g/mol. The van der Waals surface area contributed by atoms with Crippen molar-refractivity contribution >= 4 is 29.1 Å². The van der Waals surface area contributed by atoms with Gasteiger partial charge < -0.3 is 18.9 Å². The van der Waals surface area contributed by atoms with E-state index in [9.17, 15) is 9.59 Å². The van der Waals surface area contributed by atoms with Crippen molar-refractivity contribution in [3.63, 3.8) is 0 Å². The highest BCUT2D eigenvalue weighted by Gasteiger charge is 2.34. The molecule has 0 saturated heterocycles. The summed E-state index contributed by atoms with van der Waals surface area (Å²) in [7, 11) is 4.56. The first-order valence-corrected chi connectivity index (χ1v) is 14.0. The van der Waals surface area contributed by atoms with Crippen molar-refractivity contribution in [2.75, 3.05) is 27.9 Å². The number of methoxy groups -OCH3 is 3. The monoisotopic (exact) mass is 568 g/mol. The van der Waals surface area contributed by atoms with Crippen molar-refractivity contribution in [2.45, 2.75) is 18.9 Å². The van der Waals surface area contributed by atoms with Crippen LogP contribution in [0.25, 0.3) is 11.8 Å². The van der Waals surface area contributed by atoms with Crippen LogP contribution in [-0.4, -0.2) is 38.5 Å². The van der Waals surface area contributed by atoms with Gasteiger partial charge >= 0.3 is 5.97 Å². The Morgan fingerprint density at radius 2 is 1.80 bits per heavy atom. The van der Waals surface area contributed by atoms with E-state index in [4.69, 9.17) is 23.9 Å². The van der Waals surface area contributed by atoms with Crippen molar-refractivity contribution in [3.8, 4) is 17.2 Å². The number of para-hydroxylation sites is 1. The van der Waals surface area contributed by atoms with E-state index in [1.54, 1.807) is 30.9 Å². The number of hydrogen-bond acceptors (Lipinski definition) is 8. The van der Waals surface area contributed by atoms with Crippen LogP contribution in [0.2, 0.25) is 0 Å². The van der Waals surface area contributed by atoms with Crippen LogP contribution in [0.1, 0.15) is 34.7 Å². The second-order valence-corrected chi connectivity index (χ2v) is 10.6. The van der Waals surface area contributed by atoms with Crippen molar-refractivity contribution in [1.29, 1.82) is 0 Å². The Bertz CT molecular complexity index is 1870. The molecular weight excluding hydrogens is 540 g/mol. The molecule has 0 bridgehead atoms. The number of esters is 1. The molecule has 8 nitrogen and oxygen atoms in total. The van der Waals surface area contributed by atoms with Gasteiger partial charge in [-0.25, -0.2) is 9.79 Å². The second-order valence-electron chi connectivity index (χ2n) is 9.62. The number of ether oxygens (including phenoxy) is 4. The van der Waals surface area contributed by atoms with Gasteiger partial charge in [0.25, 0.3) is 5.56 Å². The first-order valence-electron chi connectivity index (χ1n) is 13.2. The molecule has 1 aliphatic carbocycles. The summed E-state index contributed by atoms with van der Waals surface area (Å²) in [5, 5.41) is 0. The molecule has 9 heteroatoms. The van der Waals surface area contributed by atoms with E-state index >= 15 is 0 Å². The lowest BCUT2D eigenvalue weighted by Crippen LogP contribution is -2.39. The van der Waals surface area contributed by atoms with E-state index in [1.807, 2.05) is 48.5 Å². The number of carbonyl (C=O) groups is 1. The number of hydrogen-bond donors (Lipinski definition) is 0. The van der Waals surface area contributed by atoms with Gasteiger partial charge in [0.1, 0.15) is 17.2 Å². The van der Waals surface area contributed by atoms with Gasteiger partial charge in [-0.2, -0.15) is 0 Å². The maximum atomic E-state index is 14.2. The summed E-state index contributed by atoms with van der Waals surface area (Å²) in [4.78, 5) is 31.5. The van der Waals surface area contributed by atoms with Crippen LogP contribution >= 0.6 is 11.3 Å². The first-order chi connectivity index (χ1) is 20.0. The maximum absolute atomic E-state index is 14.2. The molecular formula is C32H28N2O6S. The Hall–Kier alpha value is -4.63. The van der Waals surface area contributed by atoms with Gasteiger partial charge in [-0.1, -0.05) is 53.8 Å². The van der Waals surface area contributed by atoms with Crippen molar-refractivity contribution in [3.05, 3.63) is 114 Å². The van der Waals surface area contributed by atoms with Crippen molar-refractivity contribution in [2.24, 2.45) is 4.99 Å². The van der Waals surface area contributed by atoms with Crippen LogP contribution in [0.5, 0.6) is 17.2 Å². The summed E-state index contributed by atoms with van der Waals surface area (Å²) < 4.78 is 24.0. The van der Waals surface area contributed by atoms with Crippen LogP contribution in [0.15, 0.2) is 82.1 Å². The van der Waals surface area contributed by atoms with E-state index in [0.717, 1.165) is 35.2 Å². The molecule has 0 fully saturated rings. The van der Waals surface area contributed by atoms with E-state index in [2.05, 4.69) is 12.1 Å². The zero-order valence-corrected chi connectivity index (χ0v) is 23.7. The molecule has 1 aromatic heterocycles. The number of carbonyl (C=O) groups excluding carboxylic acids is 1. The fourth-order valence-corrected chi connectivity index (χ4v) is 6.41. The fraction of sp³-hybridized carbons (Fsp3) is 0.219. The summed E-state index contributed by atoms with van der Waals surface area (Å²) in [6.07, 6.45) is 3.39. The Labute approximate surface area is 240 Å². The number of rotatable bonds is 7. The molecule has 1 aliphatic heterocycles. The molecule has 41 heavy (non-hydrogen) atoms. The lowest BCUT2D eigenvalue weighted by Gasteiger charge is -2.31. The second kappa shape index (κ2) is 11.1. The third kappa shape index (κ3) is 4.82. The highest BCUT2D eigenvalue weighted by Crippen LogP contribution is 2.44. The number of aromatic nitrogens is 1. The number of allylic oxidation sites excluding steroid dienone is 1. The summed E-state index contributed by atoms with van der Waals surface area (Å²) in [6, 6.07) is 20.8. The van der Waals surface area contributed by atoms with Gasteiger partial charge in [0, 0.05) is 16.7 Å². The molecule has 6 rings (SSSR count). The third-order valence-corrected chi connectivity index (χ3v) is 8.37. The van der Waals surface area contributed by atoms with E-state index in [-0.39, 0.29) is 12.2 Å². The molecule has 0 spiro atoms. The standard InChI is InChI=1S/C32H28N2O6S/c1-37-21-13-15-26(38-2)24(17-21)30-23-14-12-19-8-4-6-10-22(19)29(23)33-32-34(30)31(36)27(41-32)16-20-9-5-7-11-25(20)40-18-28(35)39-3/h4-11,13,15-17,30H,12,14,18H2,1-3H3. The minimum atomic E-state index is -0.489. The molecule has 1 unspecified atom stereocenters. The normalized spacial score (nSPS) is 15.8. The lowest BCUT2D eigenvalue weighted by molar-refractivity contribution is -0.142. The lowest BCUT2D eigenvalue weighted by atomic mass is 9.83. The van der Waals surface area contributed by atoms with Gasteiger partial charge in [0.15, 0.2) is 11.4 Å². The van der Waals surface area contributed by atoms with Crippen LogP contribution < -0.4 is 29.1 Å². The van der Waals surface area contributed by atoms with Crippen molar-refractivity contribution < 1.29 is 23.7 Å². The molecule has 3 aromatic carbocycles. The third-order valence-electron chi connectivity index (χ3n) is 7.38. The van der Waals surface area contributed by atoms with Gasteiger partial charge in [-0.3, -0.25) is 9.36 Å². The number of aryl methyl sites for hydroxylation is 1. The number of thiazole rings is 1. The predicted octanol–water partition coefficient (Wildman–Crippen LogP) is 3.89. The molecule has 1 atom stereocenters. The fourth-order valence-electron chi connectivity index (χ4n) is 5.42. The zero-order valence-electron chi connectivity index (χ0n) is 22.9. The van der Waals surface area contributed by atoms with Gasteiger partial charge in [-0.15, -0.1) is 0 Å². The summed E-state index contributed by atoms with van der Waals surface area (Å²) in [6.45, 7) is -0.232. The summed E-state index contributed by atoms with van der Waals surface area (Å²) >= 11 is 1.32. The molecule has 0 radical (unpaired) electrons. The molecule has 0 saturated carbocycles. The molecule has 2 heterocycles. The Kier molecular flexibility index (Phi) is 7.19. The highest BCUT2D eigenvalue weighted by molar-refractivity contribution is 7.07. The topological polar surface area (TPSA) is 88.4 Å². The van der Waals surface area contributed by atoms with Crippen LogP contribution in [0.3, 0.4) is 0 Å². The molecule has 0 amide bonds. The van der Waals surface area contributed by atoms with Gasteiger partial charge in [0.2, 0.25) is 0 Å². The predicted molar refractivity (Wildman–Crippen MR) is 156 cm³/mol. The summed E-state index contributed by atoms with van der Waals surface area (Å²) in [5.41, 5.74) is 5.63. The number of nitrogens with zero attached hydrogens (tertiary/aromatic N) is 2.